The van der Waals surface area contributed by atoms with E-state index in [-0.39, 0.29) is 5.69 Å². The lowest BCUT2D eigenvalue weighted by Gasteiger charge is -2.05. The molecule has 0 radical (unpaired) electrons. The zero-order chi connectivity index (χ0) is 12.5. The lowest BCUT2D eigenvalue weighted by Crippen LogP contribution is -2.16. The van der Waals surface area contributed by atoms with Crippen molar-refractivity contribution in [1.29, 1.82) is 0 Å². The predicted octanol–water partition coefficient (Wildman–Crippen LogP) is 4.67. The molecule has 0 heterocycles. The van der Waals surface area contributed by atoms with Crippen LogP contribution in [0, 0.1) is 0 Å². The van der Waals surface area contributed by atoms with E-state index in [9.17, 15) is 13.2 Å². The van der Waals surface area contributed by atoms with Gasteiger partial charge in [0.1, 0.15) is 0 Å². The monoisotopic (exact) mass is 257 g/mol. The molecule has 0 amide bonds. The lowest BCUT2D eigenvalue weighted by atomic mass is 10.1. The molecule has 0 N–H and O–H groups in total. The molecule has 0 saturated carbocycles. The summed E-state index contributed by atoms with van der Waals surface area (Å²) in [7, 11) is 0. The first-order chi connectivity index (χ1) is 7.98. The molecule has 0 aliphatic heterocycles. The maximum atomic E-state index is 12.3. The molecular weight excluding hydrogens is 251 g/mol. The van der Waals surface area contributed by atoms with Gasteiger partial charge in [-0.2, -0.15) is 13.2 Å². The quantitative estimate of drug-likeness (QED) is 0.658. The summed E-state index contributed by atoms with van der Waals surface area (Å²) in [6.45, 7) is 0. The average molecular weight is 258 g/mol. The Labute approximate surface area is 101 Å². The Hall–Kier alpha value is -1.55. The fourth-order valence-corrected chi connectivity index (χ4v) is 1.57. The summed E-state index contributed by atoms with van der Waals surface area (Å²) in [5.74, 6) is 0. The summed E-state index contributed by atoms with van der Waals surface area (Å²) in [6, 6.07) is 12.0. The highest BCUT2D eigenvalue weighted by molar-refractivity contribution is 6.67. The molecule has 17 heavy (non-hydrogen) atoms. The Morgan fingerprint density at radius 1 is 1.00 bits per heavy atom. The van der Waals surface area contributed by atoms with Crippen LogP contribution in [-0.4, -0.2) is 11.3 Å². The van der Waals surface area contributed by atoms with Crippen LogP contribution in [0.1, 0.15) is 0 Å². The van der Waals surface area contributed by atoms with Crippen LogP contribution < -0.4 is 0 Å². The molecule has 2 aromatic carbocycles. The first kappa shape index (κ1) is 11.9. The summed E-state index contributed by atoms with van der Waals surface area (Å²) in [5, 5.41) is 0.0895. The molecule has 0 aliphatic rings. The SMILES string of the molecule is FC(F)(F)/C(Cl)=N\c1cccc2ccccc12. The van der Waals surface area contributed by atoms with Gasteiger partial charge in [-0.3, -0.25) is 0 Å². The second-order valence-corrected chi connectivity index (χ2v) is 3.76. The van der Waals surface area contributed by atoms with Crippen molar-refractivity contribution in [3.8, 4) is 0 Å². The van der Waals surface area contributed by atoms with Gasteiger partial charge in [0, 0.05) is 5.39 Å². The van der Waals surface area contributed by atoms with Gasteiger partial charge in [-0.05, 0) is 11.5 Å². The minimum absolute atomic E-state index is 0.213. The van der Waals surface area contributed by atoms with E-state index in [0.29, 0.717) is 5.39 Å². The van der Waals surface area contributed by atoms with E-state index in [2.05, 4.69) is 4.99 Å². The number of alkyl halides is 3. The predicted molar refractivity (Wildman–Crippen MR) is 63.0 cm³/mol. The Balaban J connectivity index is 2.57. The van der Waals surface area contributed by atoms with Crippen LogP contribution in [0.3, 0.4) is 0 Å². The van der Waals surface area contributed by atoms with E-state index in [1.165, 1.54) is 6.07 Å². The van der Waals surface area contributed by atoms with Gasteiger partial charge in [-0.15, -0.1) is 0 Å². The number of fused-ring (bicyclic) bond motifs is 1. The third kappa shape index (κ3) is 2.58. The number of nitrogens with zero attached hydrogens (tertiary/aromatic N) is 1. The molecule has 5 heteroatoms. The van der Waals surface area contributed by atoms with Crippen LogP contribution in [0.15, 0.2) is 47.5 Å². The normalized spacial score (nSPS) is 13.1. The number of halogens is 4. The number of hydrogen-bond donors (Lipinski definition) is 0. The highest BCUT2D eigenvalue weighted by Gasteiger charge is 2.34. The van der Waals surface area contributed by atoms with Gasteiger partial charge in [0.15, 0.2) is 0 Å². The number of aliphatic imine (C=N–C) groups is 1. The number of benzene rings is 2. The molecule has 0 spiro atoms. The average Bonchev–Trinajstić information content (AvgIpc) is 2.28. The zero-order valence-electron chi connectivity index (χ0n) is 8.50. The lowest BCUT2D eigenvalue weighted by molar-refractivity contribution is -0.0558. The van der Waals surface area contributed by atoms with Crippen LogP contribution in [0.4, 0.5) is 18.9 Å². The smallest absolute Gasteiger partial charge is 0.232 e. The summed E-state index contributed by atoms with van der Waals surface area (Å²) in [4.78, 5) is 3.42. The maximum Gasteiger partial charge on any atom is 0.444 e. The molecule has 0 saturated heterocycles. The third-order valence-corrected chi connectivity index (χ3v) is 2.52. The van der Waals surface area contributed by atoms with Gasteiger partial charge >= 0.3 is 6.18 Å². The van der Waals surface area contributed by atoms with E-state index in [4.69, 9.17) is 11.6 Å². The van der Waals surface area contributed by atoms with Crippen LogP contribution in [0.5, 0.6) is 0 Å². The minimum atomic E-state index is -4.61. The fourth-order valence-electron chi connectivity index (χ4n) is 1.47. The molecule has 0 atom stereocenters. The summed E-state index contributed by atoms with van der Waals surface area (Å²) in [5.41, 5.74) is 0.213. The Morgan fingerprint density at radius 2 is 1.65 bits per heavy atom. The number of hydrogen-bond acceptors (Lipinski definition) is 1. The van der Waals surface area contributed by atoms with Gasteiger partial charge in [0.05, 0.1) is 5.69 Å². The van der Waals surface area contributed by atoms with Crippen molar-refractivity contribution < 1.29 is 13.2 Å². The summed E-state index contributed by atoms with van der Waals surface area (Å²) < 4.78 is 36.8. The summed E-state index contributed by atoms with van der Waals surface area (Å²) >= 11 is 5.12. The first-order valence-electron chi connectivity index (χ1n) is 4.77. The van der Waals surface area contributed by atoms with Gasteiger partial charge in [-0.25, -0.2) is 4.99 Å². The topological polar surface area (TPSA) is 12.4 Å². The Bertz CT molecular complexity index is 570. The molecule has 2 rings (SSSR count). The van der Waals surface area contributed by atoms with Gasteiger partial charge < -0.3 is 0 Å². The largest absolute Gasteiger partial charge is 0.444 e. The molecule has 0 fully saturated rings. The van der Waals surface area contributed by atoms with Crippen molar-refractivity contribution in [1.82, 2.24) is 0 Å². The number of rotatable bonds is 1. The van der Waals surface area contributed by atoms with E-state index in [1.807, 2.05) is 0 Å². The van der Waals surface area contributed by atoms with Gasteiger partial charge in [0.25, 0.3) is 0 Å². The molecule has 0 aromatic heterocycles. The van der Waals surface area contributed by atoms with Gasteiger partial charge in [0.2, 0.25) is 5.17 Å². The Kier molecular flexibility index (Phi) is 3.07. The molecule has 88 valence electrons. The highest BCUT2D eigenvalue weighted by Crippen LogP contribution is 2.29. The Morgan fingerprint density at radius 3 is 2.35 bits per heavy atom. The fraction of sp³-hybridized carbons (Fsp3) is 0.0833. The van der Waals surface area contributed by atoms with Crippen molar-refractivity contribution >= 4 is 33.2 Å². The van der Waals surface area contributed by atoms with Crippen LogP contribution in [-0.2, 0) is 0 Å². The molecule has 0 aliphatic carbocycles. The third-order valence-electron chi connectivity index (χ3n) is 2.22. The van der Waals surface area contributed by atoms with Crippen molar-refractivity contribution in [3.05, 3.63) is 42.5 Å². The zero-order valence-corrected chi connectivity index (χ0v) is 9.26. The molecule has 2 aromatic rings. The van der Waals surface area contributed by atoms with Crippen LogP contribution in [0.2, 0.25) is 0 Å². The summed E-state index contributed by atoms with van der Waals surface area (Å²) in [6.07, 6.45) is -4.61. The van der Waals surface area contributed by atoms with Gasteiger partial charge in [-0.1, -0.05) is 48.0 Å². The van der Waals surface area contributed by atoms with Crippen molar-refractivity contribution in [2.45, 2.75) is 6.18 Å². The molecule has 1 nitrogen and oxygen atoms in total. The van der Waals surface area contributed by atoms with Crippen LogP contribution >= 0.6 is 11.6 Å². The molecule has 0 bridgehead atoms. The van der Waals surface area contributed by atoms with E-state index in [1.54, 1.807) is 36.4 Å². The second-order valence-electron chi connectivity index (χ2n) is 3.40. The van der Waals surface area contributed by atoms with Crippen molar-refractivity contribution in [2.75, 3.05) is 0 Å². The molecule has 0 unspecified atom stereocenters. The highest BCUT2D eigenvalue weighted by atomic mass is 35.5. The maximum absolute atomic E-state index is 12.3. The van der Waals surface area contributed by atoms with Crippen LogP contribution in [0.25, 0.3) is 10.8 Å². The standard InChI is InChI=1S/C12H7ClF3N/c13-11(12(14,15)16)17-10-7-3-5-8-4-1-2-6-9(8)10/h1-7H/b17-11+. The first-order valence-corrected chi connectivity index (χ1v) is 5.15. The van der Waals surface area contributed by atoms with Crippen molar-refractivity contribution in [3.63, 3.8) is 0 Å². The van der Waals surface area contributed by atoms with E-state index in [0.717, 1.165) is 5.39 Å². The van der Waals surface area contributed by atoms with E-state index < -0.39 is 11.3 Å². The van der Waals surface area contributed by atoms with Crippen molar-refractivity contribution in [2.24, 2.45) is 4.99 Å². The van der Waals surface area contributed by atoms with E-state index >= 15 is 0 Å². The molecular formula is C12H7ClF3N. The minimum Gasteiger partial charge on any atom is -0.232 e. The second kappa shape index (κ2) is 4.37.